The Hall–Kier alpha value is -0.500. The molecule has 0 unspecified atom stereocenters. The standard InChI is InChI=1S/C10H10BrIN4/c1-2-3-9-14-8(11)4-10(15-9)16-6-7(12)5-13-16/h4-6H,2-3H2,1H3. The molecule has 2 aromatic rings. The van der Waals surface area contributed by atoms with Crippen molar-refractivity contribution in [3.63, 3.8) is 0 Å². The summed E-state index contributed by atoms with van der Waals surface area (Å²) in [6.07, 6.45) is 5.65. The van der Waals surface area contributed by atoms with E-state index in [9.17, 15) is 0 Å². The SMILES string of the molecule is CCCc1nc(Br)cc(-n2cc(I)cn2)n1. The third-order valence-electron chi connectivity index (χ3n) is 1.99. The number of nitrogens with zero attached hydrogens (tertiary/aromatic N) is 4. The zero-order valence-corrected chi connectivity index (χ0v) is 12.4. The van der Waals surface area contributed by atoms with Crippen molar-refractivity contribution in [2.45, 2.75) is 19.8 Å². The van der Waals surface area contributed by atoms with Crippen molar-refractivity contribution in [2.24, 2.45) is 0 Å². The van der Waals surface area contributed by atoms with Gasteiger partial charge in [0.05, 0.1) is 9.77 Å². The molecular formula is C10H10BrIN4. The third-order valence-corrected chi connectivity index (χ3v) is 2.95. The average Bonchev–Trinajstić information content (AvgIpc) is 2.64. The van der Waals surface area contributed by atoms with Gasteiger partial charge in [0, 0.05) is 18.7 Å². The van der Waals surface area contributed by atoms with Crippen LogP contribution < -0.4 is 0 Å². The first-order valence-electron chi connectivity index (χ1n) is 4.93. The molecular weight excluding hydrogens is 383 g/mol. The van der Waals surface area contributed by atoms with E-state index in [2.05, 4.69) is 60.5 Å². The molecule has 2 aromatic heterocycles. The van der Waals surface area contributed by atoms with Gasteiger partial charge in [-0.25, -0.2) is 14.6 Å². The molecule has 0 fully saturated rings. The number of rotatable bonds is 3. The van der Waals surface area contributed by atoms with Crippen molar-refractivity contribution in [3.8, 4) is 5.82 Å². The van der Waals surface area contributed by atoms with E-state index < -0.39 is 0 Å². The van der Waals surface area contributed by atoms with Crippen LogP contribution in [0.25, 0.3) is 5.82 Å². The summed E-state index contributed by atoms with van der Waals surface area (Å²) in [5, 5.41) is 4.23. The quantitative estimate of drug-likeness (QED) is 0.595. The lowest BCUT2D eigenvalue weighted by molar-refractivity contribution is 0.780. The van der Waals surface area contributed by atoms with Crippen LogP contribution in [0.2, 0.25) is 0 Å². The second-order valence-electron chi connectivity index (χ2n) is 3.32. The van der Waals surface area contributed by atoms with Gasteiger partial charge in [-0.3, -0.25) is 0 Å². The molecule has 0 saturated carbocycles. The van der Waals surface area contributed by atoms with Gasteiger partial charge in [0.15, 0.2) is 5.82 Å². The molecule has 0 atom stereocenters. The lowest BCUT2D eigenvalue weighted by atomic mass is 10.3. The normalized spacial score (nSPS) is 10.7. The Morgan fingerprint density at radius 3 is 2.88 bits per heavy atom. The van der Waals surface area contributed by atoms with Gasteiger partial charge in [-0.1, -0.05) is 6.92 Å². The van der Waals surface area contributed by atoms with Crippen molar-refractivity contribution in [1.29, 1.82) is 0 Å². The molecule has 0 aliphatic heterocycles. The molecule has 0 saturated heterocycles. The summed E-state index contributed by atoms with van der Waals surface area (Å²) in [4.78, 5) is 8.78. The van der Waals surface area contributed by atoms with E-state index in [1.165, 1.54) is 0 Å². The second-order valence-corrected chi connectivity index (χ2v) is 5.38. The maximum atomic E-state index is 4.46. The summed E-state index contributed by atoms with van der Waals surface area (Å²) in [5.74, 6) is 1.64. The molecule has 84 valence electrons. The second kappa shape index (κ2) is 5.22. The van der Waals surface area contributed by atoms with Crippen LogP contribution >= 0.6 is 38.5 Å². The van der Waals surface area contributed by atoms with E-state index in [-0.39, 0.29) is 0 Å². The van der Waals surface area contributed by atoms with Crippen LogP contribution in [-0.4, -0.2) is 19.7 Å². The maximum absolute atomic E-state index is 4.46. The molecule has 0 bridgehead atoms. The summed E-state index contributed by atoms with van der Waals surface area (Å²) in [6.45, 7) is 2.11. The van der Waals surface area contributed by atoms with Crippen LogP contribution in [0.3, 0.4) is 0 Å². The van der Waals surface area contributed by atoms with Gasteiger partial charge in [-0.15, -0.1) is 0 Å². The fourth-order valence-corrected chi connectivity index (χ4v) is 2.13. The Bertz CT molecular complexity index is 497. The summed E-state index contributed by atoms with van der Waals surface area (Å²) in [5.41, 5.74) is 0. The lowest BCUT2D eigenvalue weighted by Gasteiger charge is -2.04. The predicted octanol–water partition coefficient (Wildman–Crippen LogP) is 2.98. The number of aryl methyl sites for hydroxylation is 1. The van der Waals surface area contributed by atoms with Crippen LogP contribution in [0.4, 0.5) is 0 Å². The molecule has 16 heavy (non-hydrogen) atoms. The first-order chi connectivity index (χ1) is 7.69. The Labute approximate surface area is 116 Å². The molecule has 0 aromatic carbocycles. The largest absolute Gasteiger partial charge is 0.226 e. The summed E-state index contributed by atoms with van der Waals surface area (Å²) in [7, 11) is 0. The molecule has 4 nitrogen and oxygen atoms in total. The van der Waals surface area contributed by atoms with Crippen molar-refractivity contribution in [2.75, 3.05) is 0 Å². The number of halogens is 2. The van der Waals surface area contributed by atoms with Gasteiger partial charge in [0.1, 0.15) is 10.4 Å². The summed E-state index contributed by atoms with van der Waals surface area (Å²) in [6, 6.07) is 1.86. The van der Waals surface area contributed by atoms with Gasteiger partial charge in [-0.05, 0) is 44.9 Å². The number of hydrogen-bond donors (Lipinski definition) is 0. The van der Waals surface area contributed by atoms with Crippen molar-refractivity contribution in [3.05, 3.63) is 32.5 Å². The third kappa shape index (κ3) is 2.79. The Morgan fingerprint density at radius 2 is 2.25 bits per heavy atom. The fraction of sp³-hybridized carbons (Fsp3) is 0.300. The fourth-order valence-electron chi connectivity index (χ4n) is 1.33. The maximum Gasteiger partial charge on any atom is 0.158 e. The van der Waals surface area contributed by atoms with Crippen molar-refractivity contribution >= 4 is 38.5 Å². The minimum atomic E-state index is 0.798. The molecule has 0 N–H and O–H groups in total. The zero-order valence-electron chi connectivity index (χ0n) is 8.69. The molecule has 2 heterocycles. The van der Waals surface area contributed by atoms with Crippen LogP contribution in [0.15, 0.2) is 23.1 Å². The highest BCUT2D eigenvalue weighted by molar-refractivity contribution is 14.1. The van der Waals surface area contributed by atoms with Crippen molar-refractivity contribution < 1.29 is 0 Å². The smallest absolute Gasteiger partial charge is 0.158 e. The van der Waals surface area contributed by atoms with Gasteiger partial charge >= 0.3 is 0 Å². The molecule has 6 heteroatoms. The van der Waals surface area contributed by atoms with E-state index in [0.717, 1.165) is 32.7 Å². The topological polar surface area (TPSA) is 43.6 Å². The number of hydrogen-bond acceptors (Lipinski definition) is 3. The molecule has 2 rings (SSSR count). The van der Waals surface area contributed by atoms with Gasteiger partial charge < -0.3 is 0 Å². The van der Waals surface area contributed by atoms with Crippen LogP contribution in [0.1, 0.15) is 19.2 Å². The average molecular weight is 393 g/mol. The van der Waals surface area contributed by atoms with E-state index in [4.69, 9.17) is 0 Å². The lowest BCUT2D eigenvalue weighted by Crippen LogP contribution is -2.03. The van der Waals surface area contributed by atoms with E-state index in [1.807, 2.05) is 12.3 Å². The first-order valence-corrected chi connectivity index (χ1v) is 6.80. The number of aromatic nitrogens is 4. The van der Waals surface area contributed by atoms with E-state index in [1.54, 1.807) is 10.9 Å². The Kier molecular flexibility index (Phi) is 3.91. The van der Waals surface area contributed by atoms with E-state index in [0.29, 0.717) is 0 Å². The summed E-state index contributed by atoms with van der Waals surface area (Å²) >= 11 is 5.62. The summed E-state index contributed by atoms with van der Waals surface area (Å²) < 4.78 is 3.64. The van der Waals surface area contributed by atoms with Gasteiger partial charge in [-0.2, -0.15) is 5.10 Å². The minimum absolute atomic E-state index is 0.798. The Morgan fingerprint density at radius 1 is 1.44 bits per heavy atom. The van der Waals surface area contributed by atoms with Crippen LogP contribution in [0, 0.1) is 3.57 Å². The molecule has 0 spiro atoms. The van der Waals surface area contributed by atoms with Crippen LogP contribution in [-0.2, 0) is 6.42 Å². The van der Waals surface area contributed by atoms with E-state index >= 15 is 0 Å². The van der Waals surface area contributed by atoms with Gasteiger partial charge in [0.25, 0.3) is 0 Å². The molecule has 0 aliphatic rings. The monoisotopic (exact) mass is 392 g/mol. The Balaban J connectivity index is 2.40. The molecule has 0 amide bonds. The zero-order chi connectivity index (χ0) is 11.5. The minimum Gasteiger partial charge on any atom is -0.226 e. The van der Waals surface area contributed by atoms with Crippen molar-refractivity contribution in [1.82, 2.24) is 19.7 Å². The predicted molar refractivity (Wildman–Crippen MR) is 73.6 cm³/mol. The van der Waals surface area contributed by atoms with Gasteiger partial charge in [0.2, 0.25) is 0 Å². The highest BCUT2D eigenvalue weighted by Gasteiger charge is 2.05. The highest BCUT2D eigenvalue weighted by Crippen LogP contribution is 2.13. The molecule has 0 radical (unpaired) electrons. The molecule has 0 aliphatic carbocycles. The highest BCUT2D eigenvalue weighted by atomic mass is 127. The van der Waals surface area contributed by atoms with Crippen LogP contribution in [0.5, 0.6) is 0 Å². The first kappa shape index (κ1) is 12.0.